The predicted octanol–water partition coefficient (Wildman–Crippen LogP) is 0.682. The van der Waals surface area contributed by atoms with Gasteiger partial charge in [-0.2, -0.15) is 0 Å². The maximum absolute atomic E-state index is 12.3. The minimum absolute atomic E-state index is 0.169. The van der Waals surface area contributed by atoms with E-state index in [9.17, 15) is 4.79 Å². The van der Waals surface area contributed by atoms with Gasteiger partial charge >= 0.3 is 0 Å². The Morgan fingerprint density at radius 3 is 2.79 bits per heavy atom. The summed E-state index contributed by atoms with van der Waals surface area (Å²) < 4.78 is 10.3. The van der Waals surface area contributed by atoms with Crippen LogP contribution >= 0.6 is 12.2 Å². The second-order valence-electron chi connectivity index (χ2n) is 4.68. The average molecular weight is 283 g/mol. The Kier molecular flexibility index (Phi) is 4.16. The van der Waals surface area contributed by atoms with Crippen molar-refractivity contribution < 1.29 is 14.1 Å². The summed E-state index contributed by atoms with van der Waals surface area (Å²) in [6, 6.07) is 1.78. The Morgan fingerprint density at radius 2 is 2.26 bits per heavy atom. The Hall–Kier alpha value is -1.47. The van der Waals surface area contributed by atoms with Crippen LogP contribution in [0.2, 0.25) is 0 Å². The second kappa shape index (κ2) is 5.66. The molecule has 1 saturated heterocycles. The van der Waals surface area contributed by atoms with Gasteiger partial charge in [-0.3, -0.25) is 4.79 Å². The molecule has 1 aliphatic rings. The van der Waals surface area contributed by atoms with Gasteiger partial charge in [0.15, 0.2) is 5.76 Å². The fourth-order valence-electron chi connectivity index (χ4n) is 2.14. The zero-order valence-electron chi connectivity index (χ0n) is 10.8. The maximum atomic E-state index is 12.3. The van der Waals surface area contributed by atoms with Crippen LogP contribution in [0.1, 0.15) is 24.3 Å². The van der Waals surface area contributed by atoms with Gasteiger partial charge in [0.2, 0.25) is 5.91 Å². The van der Waals surface area contributed by atoms with E-state index in [-0.39, 0.29) is 17.4 Å². The van der Waals surface area contributed by atoms with Gasteiger partial charge in [0.1, 0.15) is 5.41 Å². The zero-order valence-corrected chi connectivity index (χ0v) is 11.6. The SMILES string of the molecule is Cc1cc(CNC(=O)C2(C(N)=S)CCOCC2)on1. The van der Waals surface area contributed by atoms with Crippen molar-refractivity contribution in [1.82, 2.24) is 10.5 Å². The number of aromatic nitrogens is 1. The summed E-state index contributed by atoms with van der Waals surface area (Å²) in [5.41, 5.74) is 5.73. The molecule has 7 heteroatoms. The first kappa shape index (κ1) is 14.0. The molecule has 1 amide bonds. The van der Waals surface area contributed by atoms with Crippen molar-refractivity contribution >= 4 is 23.1 Å². The van der Waals surface area contributed by atoms with Crippen LogP contribution in [0.4, 0.5) is 0 Å². The van der Waals surface area contributed by atoms with Crippen LogP contribution < -0.4 is 11.1 Å². The van der Waals surface area contributed by atoms with E-state index < -0.39 is 5.41 Å². The van der Waals surface area contributed by atoms with Crippen LogP contribution in [0.3, 0.4) is 0 Å². The number of nitrogens with two attached hydrogens (primary N) is 1. The van der Waals surface area contributed by atoms with Crippen molar-refractivity contribution in [2.75, 3.05) is 13.2 Å². The molecule has 0 unspecified atom stereocenters. The van der Waals surface area contributed by atoms with E-state index in [2.05, 4.69) is 10.5 Å². The number of thiocarbonyl (C=S) groups is 1. The summed E-state index contributed by atoms with van der Waals surface area (Å²) in [7, 11) is 0. The number of hydrogen-bond donors (Lipinski definition) is 2. The lowest BCUT2D eigenvalue weighted by atomic mass is 9.79. The van der Waals surface area contributed by atoms with Crippen LogP contribution in [-0.2, 0) is 16.1 Å². The lowest BCUT2D eigenvalue weighted by Crippen LogP contribution is -2.51. The van der Waals surface area contributed by atoms with E-state index in [4.69, 9.17) is 27.2 Å². The molecular weight excluding hydrogens is 266 g/mol. The topological polar surface area (TPSA) is 90.4 Å². The zero-order chi connectivity index (χ0) is 13.9. The van der Waals surface area contributed by atoms with Gasteiger partial charge in [-0.15, -0.1) is 0 Å². The second-order valence-corrected chi connectivity index (χ2v) is 5.12. The number of nitrogens with one attached hydrogen (secondary N) is 1. The standard InChI is InChI=1S/C12H17N3O3S/c1-8-6-9(18-15-8)7-14-11(16)12(10(13)19)2-4-17-5-3-12/h6H,2-5,7H2,1H3,(H2,13,19)(H,14,16). The number of amides is 1. The molecular formula is C12H17N3O3S. The maximum Gasteiger partial charge on any atom is 0.233 e. The summed E-state index contributed by atoms with van der Waals surface area (Å²) in [5.74, 6) is 0.438. The van der Waals surface area contributed by atoms with Gasteiger partial charge in [0.05, 0.1) is 17.2 Å². The first-order chi connectivity index (χ1) is 9.04. The molecule has 0 bridgehead atoms. The summed E-state index contributed by atoms with van der Waals surface area (Å²) >= 11 is 5.06. The molecule has 2 rings (SSSR count). The minimum atomic E-state index is -0.803. The van der Waals surface area contributed by atoms with Crippen molar-refractivity contribution in [3.05, 3.63) is 17.5 Å². The molecule has 0 aromatic carbocycles. The third-order valence-corrected chi connectivity index (χ3v) is 3.74. The Balaban J connectivity index is 2.02. The molecule has 104 valence electrons. The van der Waals surface area contributed by atoms with Gasteiger partial charge in [0.25, 0.3) is 0 Å². The molecule has 0 atom stereocenters. The van der Waals surface area contributed by atoms with Crippen molar-refractivity contribution in [3.8, 4) is 0 Å². The van der Waals surface area contributed by atoms with Crippen LogP contribution in [0.15, 0.2) is 10.6 Å². The molecule has 1 fully saturated rings. The van der Waals surface area contributed by atoms with Crippen molar-refractivity contribution in [2.24, 2.45) is 11.1 Å². The van der Waals surface area contributed by atoms with Gasteiger partial charge in [0, 0.05) is 19.3 Å². The average Bonchev–Trinajstić information content (AvgIpc) is 2.82. The third kappa shape index (κ3) is 2.93. The van der Waals surface area contributed by atoms with Crippen molar-refractivity contribution in [3.63, 3.8) is 0 Å². The Bertz CT molecular complexity index is 480. The molecule has 0 saturated carbocycles. The number of hydrogen-bond acceptors (Lipinski definition) is 5. The van der Waals surface area contributed by atoms with E-state index in [0.29, 0.717) is 31.8 Å². The van der Waals surface area contributed by atoms with Crippen molar-refractivity contribution in [2.45, 2.75) is 26.3 Å². The summed E-state index contributed by atoms with van der Waals surface area (Å²) in [5, 5.41) is 6.57. The monoisotopic (exact) mass is 283 g/mol. The number of carbonyl (C=O) groups excluding carboxylic acids is 1. The van der Waals surface area contributed by atoms with E-state index in [1.54, 1.807) is 6.07 Å². The van der Waals surface area contributed by atoms with Crippen LogP contribution in [0, 0.1) is 12.3 Å². The molecule has 3 N–H and O–H groups in total. The molecule has 1 aromatic heterocycles. The van der Waals surface area contributed by atoms with Gasteiger partial charge in [-0.05, 0) is 19.8 Å². The normalized spacial score (nSPS) is 17.9. The van der Waals surface area contributed by atoms with Gasteiger partial charge in [-0.1, -0.05) is 17.4 Å². The molecule has 1 aliphatic heterocycles. The van der Waals surface area contributed by atoms with Crippen LogP contribution in [0.5, 0.6) is 0 Å². The molecule has 1 aromatic rings. The predicted molar refractivity (Wildman–Crippen MR) is 72.4 cm³/mol. The fraction of sp³-hybridized carbons (Fsp3) is 0.583. The first-order valence-electron chi connectivity index (χ1n) is 6.13. The largest absolute Gasteiger partial charge is 0.392 e. The number of nitrogens with zero attached hydrogens (tertiary/aromatic N) is 1. The molecule has 0 aliphatic carbocycles. The van der Waals surface area contributed by atoms with E-state index >= 15 is 0 Å². The molecule has 0 radical (unpaired) electrons. The molecule has 6 nitrogen and oxygen atoms in total. The lowest BCUT2D eigenvalue weighted by molar-refractivity contribution is -0.131. The van der Waals surface area contributed by atoms with Gasteiger partial charge < -0.3 is 20.3 Å². The lowest BCUT2D eigenvalue weighted by Gasteiger charge is -2.34. The molecule has 19 heavy (non-hydrogen) atoms. The van der Waals surface area contributed by atoms with Gasteiger partial charge in [-0.25, -0.2) is 0 Å². The Labute approximate surface area is 116 Å². The number of aryl methyl sites for hydroxylation is 1. The van der Waals surface area contributed by atoms with E-state index in [0.717, 1.165) is 5.69 Å². The fourth-order valence-corrected chi connectivity index (χ4v) is 2.44. The highest BCUT2D eigenvalue weighted by Crippen LogP contribution is 2.31. The van der Waals surface area contributed by atoms with E-state index in [1.807, 2.05) is 6.92 Å². The van der Waals surface area contributed by atoms with E-state index in [1.165, 1.54) is 0 Å². The highest BCUT2D eigenvalue weighted by Gasteiger charge is 2.42. The first-order valence-corrected chi connectivity index (χ1v) is 6.53. The Morgan fingerprint density at radius 1 is 1.58 bits per heavy atom. The number of carbonyl (C=O) groups is 1. The van der Waals surface area contributed by atoms with Crippen molar-refractivity contribution in [1.29, 1.82) is 0 Å². The van der Waals surface area contributed by atoms with Crippen LogP contribution in [0.25, 0.3) is 0 Å². The highest BCUT2D eigenvalue weighted by atomic mass is 32.1. The summed E-state index contributed by atoms with van der Waals surface area (Å²) in [6.45, 7) is 3.09. The molecule has 2 heterocycles. The third-order valence-electron chi connectivity index (χ3n) is 3.35. The minimum Gasteiger partial charge on any atom is -0.392 e. The number of ether oxygens (including phenoxy) is 1. The summed E-state index contributed by atoms with van der Waals surface area (Å²) in [6.07, 6.45) is 1.03. The quantitative estimate of drug-likeness (QED) is 0.790. The van der Waals surface area contributed by atoms with Crippen LogP contribution in [-0.4, -0.2) is 29.3 Å². The smallest absolute Gasteiger partial charge is 0.233 e. The number of rotatable bonds is 4. The summed E-state index contributed by atoms with van der Waals surface area (Å²) in [4.78, 5) is 12.6. The highest BCUT2D eigenvalue weighted by molar-refractivity contribution is 7.80. The molecule has 0 spiro atoms.